The van der Waals surface area contributed by atoms with Crippen LogP contribution in [0.5, 0.6) is 0 Å². The van der Waals surface area contributed by atoms with Crippen LogP contribution in [0.4, 0.5) is 0 Å². The quantitative estimate of drug-likeness (QED) is 0.259. The van der Waals surface area contributed by atoms with Crippen molar-refractivity contribution in [1.29, 1.82) is 0 Å². The Kier molecular flexibility index (Phi) is 8.34. The Bertz CT molecular complexity index is 1170. The lowest BCUT2D eigenvalue weighted by molar-refractivity contribution is -0.272. The Balaban J connectivity index is 1.12. The van der Waals surface area contributed by atoms with Crippen molar-refractivity contribution in [3.63, 3.8) is 0 Å². The number of ether oxygens (including phenoxy) is 3. The van der Waals surface area contributed by atoms with Crippen LogP contribution in [0.1, 0.15) is 99.3 Å². The highest BCUT2D eigenvalue weighted by Crippen LogP contribution is 2.70. The lowest BCUT2D eigenvalue weighted by atomic mass is 9.44. The molecular formula is C35H54O9. The number of allylic oxidation sites excluding steroid dienone is 1. The molecule has 2 saturated heterocycles. The molecule has 9 nitrogen and oxygen atoms in total. The van der Waals surface area contributed by atoms with Gasteiger partial charge in [-0.3, -0.25) is 4.79 Å². The molecule has 2 aliphatic heterocycles. The summed E-state index contributed by atoms with van der Waals surface area (Å²) < 4.78 is 18.9. The molecule has 9 heteroatoms. The van der Waals surface area contributed by atoms with Crippen molar-refractivity contribution in [2.75, 3.05) is 6.61 Å². The smallest absolute Gasteiger partial charge is 0.338 e. The maximum Gasteiger partial charge on any atom is 0.338 e. The lowest BCUT2D eigenvalue weighted by Gasteiger charge is -2.60. The molecule has 5 unspecified atom stereocenters. The molecule has 2 heterocycles. The standard InChI is InChI=1S/C35H54O9/c1-17(2)28(37)29(38)30(39)31(40)32(41)43-21-10-11-33(5)20(13-21)7-8-22-23(33)15-26(36)34(6)24(22)14-25-27(34)19(4)35(44-25)12-9-18(3)16-42-35/h18-25,27,29-31,37-40H,7-16H2,1-6H3/t18-,19+,20+,21+,22?,23?,24?,25?,27?,29-,30-,31-,33+,34-,35-/m1/s1. The van der Waals surface area contributed by atoms with Crippen LogP contribution in [0.2, 0.25) is 0 Å². The van der Waals surface area contributed by atoms with E-state index in [1.165, 1.54) is 0 Å². The molecule has 4 aliphatic carbocycles. The molecule has 0 radical (unpaired) electrons. The topological polar surface area (TPSA) is 143 Å². The number of aliphatic hydroxyl groups excluding tert-OH is 4. The number of carbonyl (C=O) groups is 2. The fourth-order valence-corrected chi connectivity index (χ4v) is 11.0. The number of Topliss-reactive ketones (excluding diaryl/α,β-unsaturated/α-hetero) is 1. The number of carbonyl (C=O) groups excluding carboxylic acids is 2. The fourth-order valence-electron chi connectivity index (χ4n) is 11.0. The van der Waals surface area contributed by atoms with Gasteiger partial charge in [-0.05, 0) is 99.4 Å². The van der Waals surface area contributed by atoms with E-state index in [2.05, 4.69) is 27.7 Å². The van der Waals surface area contributed by atoms with Crippen LogP contribution in [0, 0.1) is 52.3 Å². The van der Waals surface area contributed by atoms with Crippen LogP contribution < -0.4 is 0 Å². The average Bonchev–Trinajstić information content (AvgIpc) is 3.44. The molecule has 248 valence electrons. The summed E-state index contributed by atoms with van der Waals surface area (Å²) in [6.07, 6.45) is 1.65. The van der Waals surface area contributed by atoms with Crippen molar-refractivity contribution in [2.45, 2.75) is 136 Å². The van der Waals surface area contributed by atoms with Gasteiger partial charge in [-0.15, -0.1) is 0 Å². The van der Waals surface area contributed by atoms with E-state index in [-0.39, 0.29) is 35.2 Å². The first kappa shape index (κ1) is 32.4. The van der Waals surface area contributed by atoms with E-state index in [1.807, 2.05) is 0 Å². The summed E-state index contributed by atoms with van der Waals surface area (Å²) in [7, 11) is 0. The van der Waals surface area contributed by atoms with Gasteiger partial charge in [-0.25, -0.2) is 4.79 Å². The van der Waals surface area contributed by atoms with Gasteiger partial charge in [0.25, 0.3) is 0 Å². The molecule has 6 aliphatic rings. The van der Waals surface area contributed by atoms with Gasteiger partial charge >= 0.3 is 5.97 Å². The van der Waals surface area contributed by atoms with Crippen molar-refractivity contribution >= 4 is 11.8 Å². The number of rotatable bonds is 5. The molecule has 44 heavy (non-hydrogen) atoms. The molecule has 0 aromatic heterocycles. The number of hydrogen-bond acceptors (Lipinski definition) is 9. The summed E-state index contributed by atoms with van der Waals surface area (Å²) in [5.74, 6) is 0.629. The first-order valence-corrected chi connectivity index (χ1v) is 17.1. The van der Waals surface area contributed by atoms with E-state index in [4.69, 9.17) is 14.2 Å². The largest absolute Gasteiger partial charge is 0.510 e. The van der Waals surface area contributed by atoms with Gasteiger partial charge in [0, 0.05) is 30.1 Å². The number of esters is 1. The summed E-state index contributed by atoms with van der Waals surface area (Å²) in [6.45, 7) is 12.9. The van der Waals surface area contributed by atoms with Gasteiger partial charge in [-0.2, -0.15) is 0 Å². The second kappa shape index (κ2) is 11.3. The third-order valence-electron chi connectivity index (χ3n) is 13.7. The van der Waals surface area contributed by atoms with Crippen molar-refractivity contribution in [2.24, 2.45) is 52.3 Å². The molecule has 4 N–H and O–H groups in total. The van der Waals surface area contributed by atoms with Crippen molar-refractivity contribution in [1.82, 2.24) is 0 Å². The Morgan fingerprint density at radius 1 is 0.977 bits per heavy atom. The zero-order valence-corrected chi connectivity index (χ0v) is 27.3. The SMILES string of the molecule is CC(C)=C(O)[C@@H](O)[C@@H](O)[C@@H](O)C(=O)O[C@H]1CC[C@]2(C)C3CC(=O)[C@@]4(C)C(CC5O[C@]6(CC[C@@H](C)CO6)[C@@H](C)C54)C3CC[C@H]2C1. The van der Waals surface area contributed by atoms with E-state index in [0.717, 1.165) is 45.1 Å². The zero-order chi connectivity index (χ0) is 31.9. The Morgan fingerprint density at radius 3 is 2.36 bits per heavy atom. The number of ketones is 1. The second-order valence-electron chi connectivity index (χ2n) is 16.1. The summed E-state index contributed by atoms with van der Waals surface area (Å²) in [5, 5.41) is 40.8. The van der Waals surface area contributed by atoms with Gasteiger partial charge in [-0.1, -0.05) is 27.7 Å². The summed E-state index contributed by atoms with van der Waals surface area (Å²) in [5.41, 5.74) is -0.0561. The van der Waals surface area contributed by atoms with E-state index >= 15 is 0 Å². The van der Waals surface area contributed by atoms with E-state index in [9.17, 15) is 30.0 Å². The van der Waals surface area contributed by atoms with Crippen LogP contribution in [0.25, 0.3) is 0 Å². The van der Waals surface area contributed by atoms with Crippen LogP contribution in [-0.4, -0.2) is 75.1 Å². The van der Waals surface area contributed by atoms with Gasteiger partial charge in [0.05, 0.1) is 12.7 Å². The molecule has 15 atom stereocenters. The predicted octanol–water partition coefficient (Wildman–Crippen LogP) is 4.46. The predicted molar refractivity (Wildman–Crippen MR) is 161 cm³/mol. The first-order valence-electron chi connectivity index (χ1n) is 17.1. The Hall–Kier alpha value is -1.52. The third-order valence-corrected chi connectivity index (χ3v) is 13.7. The van der Waals surface area contributed by atoms with Crippen molar-refractivity contribution < 1.29 is 44.2 Å². The maximum absolute atomic E-state index is 14.3. The lowest BCUT2D eigenvalue weighted by Crippen LogP contribution is -2.58. The Morgan fingerprint density at radius 2 is 1.70 bits per heavy atom. The molecule has 1 spiro atoms. The molecule has 6 rings (SSSR count). The molecule has 4 saturated carbocycles. The number of aliphatic hydroxyl groups is 4. The van der Waals surface area contributed by atoms with E-state index in [1.54, 1.807) is 13.8 Å². The van der Waals surface area contributed by atoms with Crippen LogP contribution in [0.15, 0.2) is 11.3 Å². The molecular weight excluding hydrogens is 564 g/mol. The first-order chi connectivity index (χ1) is 20.6. The molecule has 0 amide bonds. The Labute approximate surface area is 261 Å². The maximum atomic E-state index is 14.3. The third kappa shape index (κ3) is 4.81. The van der Waals surface area contributed by atoms with Crippen molar-refractivity contribution in [3.8, 4) is 0 Å². The molecule has 0 bridgehead atoms. The minimum absolute atomic E-state index is 0.0413. The van der Waals surface area contributed by atoms with Gasteiger partial charge in [0.15, 0.2) is 11.9 Å². The number of fused-ring (bicyclic) bond motifs is 7. The highest BCUT2D eigenvalue weighted by Gasteiger charge is 2.71. The number of hydrogen-bond donors (Lipinski definition) is 4. The summed E-state index contributed by atoms with van der Waals surface area (Å²) >= 11 is 0. The van der Waals surface area contributed by atoms with Crippen LogP contribution >= 0.6 is 0 Å². The monoisotopic (exact) mass is 618 g/mol. The van der Waals surface area contributed by atoms with Crippen LogP contribution in [0.3, 0.4) is 0 Å². The molecule has 6 fully saturated rings. The summed E-state index contributed by atoms with van der Waals surface area (Å²) in [4.78, 5) is 27.1. The zero-order valence-electron chi connectivity index (χ0n) is 27.3. The second-order valence-corrected chi connectivity index (χ2v) is 16.1. The molecule has 0 aromatic rings. The van der Waals surface area contributed by atoms with Gasteiger partial charge < -0.3 is 34.6 Å². The van der Waals surface area contributed by atoms with Crippen LogP contribution in [-0.2, 0) is 23.8 Å². The minimum Gasteiger partial charge on any atom is -0.510 e. The highest BCUT2D eigenvalue weighted by molar-refractivity contribution is 5.87. The minimum atomic E-state index is -1.97. The van der Waals surface area contributed by atoms with Gasteiger partial charge in [0.2, 0.25) is 0 Å². The van der Waals surface area contributed by atoms with E-state index in [0.29, 0.717) is 48.4 Å². The fraction of sp³-hybridized carbons (Fsp3) is 0.886. The average molecular weight is 619 g/mol. The highest BCUT2D eigenvalue weighted by atomic mass is 16.7. The normalized spacial score (nSPS) is 48.4. The molecule has 0 aromatic carbocycles. The van der Waals surface area contributed by atoms with Gasteiger partial charge in [0.1, 0.15) is 29.9 Å². The van der Waals surface area contributed by atoms with E-state index < -0.39 is 47.3 Å². The summed E-state index contributed by atoms with van der Waals surface area (Å²) in [6, 6.07) is 0. The van der Waals surface area contributed by atoms with Crippen molar-refractivity contribution in [3.05, 3.63) is 11.3 Å².